The van der Waals surface area contributed by atoms with Crippen molar-refractivity contribution in [2.45, 2.75) is 68.7 Å². The molecule has 0 unspecified atom stereocenters. The molecule has 4 rings (SSSR count). The fourth-order valence-corrected chi connectivity index (χ4v) is 5.34. The van der Waals surface area contributed by atoms with Crippen molar-refractivity contribution in [3.8, 4) is 11.5 Å². The predicted octanol–water partition coefficient (Wildman–Crippen LogP) is 6.02. The number of anilines is 1. The van der Waals surface area contributed by atoms with Crippen LogP contribution in [0.3, 0.4) is 0 Å². The van der Waals surface area contributed by atoms with E-state index in [-0.39, 0.29) is 15.3 Å². The molecule has 2 heterocycles. The summed E-state index contributed by atoms with van der Waals surface area (Å²) in [5, 5.41) is 0.0125. The lowest BCUT2D eigenvalue weighted by atomic mass is 9.87. The van der Waals surface area contributed by atoms with Crippen LogP contribution in [0.4, 0.5) is 5.88 Å². The zero-order valence-electron chi connectivity index (χ0n) is 19.4. The van der Waals surface area contributed by atoms with Gasteiger partial charge in [0.05, 0.1) is 4.90 Å². The Labute approximate surface area is 191 Å². The van der Waals surface area contributed by atoms with Gasteiger partial charge in [-0.2, -0.15) is 4.98 Å². The Kier molecular flexibility index (Phi) is 6.17. The maximum Gasteiger partial charge on any atom is 0.236 e. The van der Waals surface area contributed by atoms with Crippen molar-refractivity contribution in [1.29, 1.82) is 0 Å². The average molecular weight is 453 g/mol. The minimum Gasteiger partial charge on any atom is -0.419 e. The molecule has 3 aromatic rings. The molecule has 0 aliphatic carbocycles. The summed E-state index contributed by atoms with van der Waals surface area (Å²) >= 11 is 0. The number of piperidine rings is 1. The first-order valence-electron chi connectivity index (χ1n) is 11.4. The Morgan fingerprint density at radius 3 is 2.12 bits per heavy atom. The summed E-state index contributed by atoms with van der Waals surface area (Å²) in [6.45, 7) is 10.1. The maximum atomic E-state index is 13.6. The zero-order valence-corrected chi connectivity index (χ0v) is 20.2. The second-order valence-electron chi connectivity index (χ2n) is 9.51. The van der Waals surface area contributed by atoms with E-state index in [1.54, 1.807) is 12.1 Å². The summed E-state index contributed by atoms with van der Waals surface area (Å²) in [7, 11) is -3.81. The van der Waals surface area contributed by atoms with Gasteiger partial charge in [-0.3, -0.25) is 0 Å². The highest BCUT2D eigenvalue weighted by Crippen LogP contribution is 2.36. The summed E-state index contributed by atoms with van der Waals surface area (Å²) in [6.07, 6.45) is 4.03. The Morgan fingerprint density at radius 2 is 1.56 bits per heavy atom. The molecular formula is C26H32N2O3S. The van der Waals surface area contributed by atoms with Gasteiger partial charge in [0.1, 0.15) is 0 Å². The number of aromatic nitrogens is 1. The second kappa shape index (κ2) is 8.74. The molecule has 0 amide bonds. The number of sulfone groups is 1. The minimum absolute atomic E-state index is 0.0125. The topological polar surface area (TPSA) is 63.4 Å². The first-order valence-corrected chi connectivity index (χ1v) is 12.9. The van der Waals surface area contributed by atoms with Crippen LogP contribution in [0.1, 0.15) is 58.1 Å². The van der Waals surface area contributed by atoms with Gasteiger partial charge in [0.2, 0.25) is 26.6 Å². The van der Waals surface area contributed by atoms with E-state index < -0.39 is 9.84 Å². The predicted molar refractivity (Wildman–Crippen MR) is 128 cm³/mol. The zero-order chi connectivity index (χ0) is 22.9. The van der Waals surface area contributed by atoms with Crippen LogP contribution in [0.2, 0.25) is 0 Å². The van der Waals surface area contributed by atoms with Gasteiger partial charge in [-0.05, 0) is 66.5 Å². The van der Waals surface area contributed by atoms with Gasteiger partial charge in [-0.25, -0.2) is 8.42 Å². The monoisotopic (exact) mass is 452 g/mol. The van der Waals surface area contributed by atoms with E-state index in [2.05, 4.69) is 37.9 Å². The molecule has 32 heavy (non-hydrogen) atoms. The lowest BCUT2D eigenvalue weighted by molar-refractivity contribution is 0.499. The Morgan fingerprint density at radius 1 is 0.938 bits per heavy atom. The quantitative estimate of drug-likeness (QED) is 0.473. The molecule has 2 aromatic carbocycles. The standard InChI is InChI=1S/C26H32N2O3S/c1-5-19-9-15-22(16-10-19)32(29,30)24-25(28-17-7-6-8-18-28)31-23(27-24)20-11-13-21(14-12-20)26(2,3)4/h9-16H,5-8,17-18H2,1-4H3. The minimum atomic E-state index is -3.81. The average Bonchev–Trinajstić information content (AvgIpc) is 3.26. The first kappa shape index (κ1) is 22.6. The molecule has 0 bridgehead atoms. The van der Waals surface area contributed by atoms with Crippen LogP contribution < -0.4 is 4.90 Å². The van der Waals surface area contributed by atoms with Crippen LogP contribution in [-0.4, -0.2) is 26.5 Å². The number of nitrogens with zero attached hydrogens (tertiary/aromatic N) is 2. The van der Waals surface area contributed by atoms with Crippen molar-refractivity contribution in [2.75, 3.05) is 18.0 Å². The van der Waals surface area contributed by atoms with E-state index in [1.165, 1.54) is 5.56 Å². The Bertz CT molecular complexity index is 1170. The third-order valence-corrected chi connectivity index (χ3v) is 7.78. The highest BCUT2D eigenvalue weighted by atomic mass is 32.2. The Hall–Kier alpha value is -2.60. The largest absolute Gasteiger partial charge is 0.419 e. The maximum absolute atomic E-state index is 13.6. The van der Waals surface area contributed by atoms with Crippen LogP contribution in [0.25, 0.3) is 11.5 Å². The molecule has 0 N–H and O–H groups in total. The van der Waals surface area contributed by atoms with Gasteiger partial charge in [-0.15, -0.1) is 0 Å². The second-order valence-corrected chi connectivity index (χ2v) is 11.4. The van der Waals surface area contributed by atoms with Crippen molar-refractivity contribution in [3.63, 3.8) is 0 Å². The van der Waals surface area contributed by atoms with Crippen LogP contribution in [0.5, 0.6) is 0 Å². The van der Waals surface area contributed by atoms with Crippen LogP contribution in [0, 0.1) is 0 Å². The summed E-state index contributed by atoms with van der Waals surface area (Å²) < 4.78 is 33.3. The van der Waals surface area contributed by atoms with Crippen molar-refractivity contribution in [1.82, 2.24) is 4.98 Å². The molecular weight excluding hydrogens is 420 g/mol. The van der Waals surface area contributed by atoms with E-state index in [9.17, 15) is 8.42 Å². The molecule has 1 aromatic heterocycles. The third-order valence-electron chi connectivity index (χ3n) is 6.12. The fraction of sp³-hybridized carbons (Fsp3) is 0.423. The molecule has 0 spiro atoms. The number of benzene rings is 2. The highest BCUT2D eigenvalue weighted by molar-refractivity contribution is 7.91. The van der Waals surface area contributed by atoms with E-state index in [0.717, 1.165) is 49.9 Å². The highest BCUT2D eigenvalue weighted by Gasteiger charge is 2.32. The number of oxazole rings is 1. The fourth-order valence-electron chi connectivity index (χ4n) is 4.02. The SMILES string of the molecule is CCc1ccc(S(=O)(=O)c2nc(-c3ccc(C(C)(C)C)cc3)oc2N2CCCCC2)cc1. The van der Waals surface area contributed by atoms with Gasteiger partial charge < -0.3 is 9.32 Å². The first-order chi connectivity index (χ1) is 15.2. The smallest absolute Gasteiger partial charge is 0.236 e. The lowest BCUT2D eigenvalue weighted by Gasteiger charge is -2.26. The van der Waals surface area contributed by atoms with Gasteiger partial charge in [-0.1, -0.05) is 52.0 Å². The number of hydrogen-bond donors (Lipinski definition) is 0. The Balaban J connectivity index is 1.79. The van der Waals surface area contributed by atoms with E-state index in [1.807, 2.05) is 36.1 Å². The van der Waals surface area contributed by atoms with Crippen molar-refractivity contribution >= 4 is 15.7 Å². The molecule has 0 atom stereocenters. The molecule has 0 radical (unpaired) electrons. The molecule has 6 heteroatoms. The van der Waals surface area contributed by atoms with E-state index >= 15 is 0 Å². The van der Waals surface area contributed by atoms with Crippen molar-refractivity contribution in [3.05, 3.63) is 59.7 Å². The normalized spacial score (nSPS) is 15.2. The number of rotatable bonds is 5. The summed E-state index contributed by atoms with van der Waals surface area (Å²) in [4.78, 5) is 6.81. The van der Waals surface area contributed by atoms with Gasteiger partial charge >= 0.3 is 0 Å². The van der Waals surface area contributed by atoms with Crippen molar-refractivity contribution in [2.24, 2.45) is 0 Å². The molecule has 5 nitrogen and oxygen atoms in total. The van der Waals surface area contributed by atoms with Crippen LogP contribution in [-0.2, 0) is 21.7 Å². The van der Waals surface area contributed by atoms with Crippen molar-refractivity contribution < 1.29 is 12.8 Å². The molecule has 1 aliphatic heterocycles. The molecule has 170 valence electrons. The van der Waals surface area contributed by atoms with Crippen LogP contribution in [0.15, 0.2) is 62.9 Å². The van der Waals surface area contributed by atoms with Gasteiger partial charge in [0, 0.05) is 18.7 Å². The summed E-state index contributed by atoms with van der Waals surface area (Å²) in [5.41, 5.74) is 3.11. The van der Waals surface area contributed by atoms with E-state index in [4.69, 9.17) is 4.42 Å². The molecule has 1 fully saturated rings. The molecule has 1 saturated heterocycles. The van der Waals surface area contributed by atoms with Gasteiger partial charge in [0.15, 0.2) is 0 Å². The molecule has 1 aliphatic rings. The third kappa shape index (κ3) is 4.46. The van der Waals surface area contributed by atoms with E-state index in [0.29, 0.717) is 11.8 Å². The van der Waals surface area contributed by atoms with Gasteiger partial charge in [0.25, 0.3) is 0 Å². The van der Waals surface area contributed by atoms with Crippen LogP contribution >= 0.6 is 0 Å². The number of aryl methyl sites for hydroxylation is 1. The lowest BCUT2D eigenvalue weighted by Crippen LogP contribution is -2.30. The molecule has 0 saturated carbocycles. The number of hydrogen-bond acceptors (Lipinski definition) is 5. The summed E-state index contributed by atoms with van der Waals surface area (Å²) in [6, 6.07) is 15.1. The summed E-state index contributed by atoms with van der Waals surface area (Å²) in [5.74, 6) is 0.703.